The maximum atomic E-state index is 6.42. The third kappa shape index (κ3) is 2.53. The van der Waals surface area contributed by atoms with Crippen molar-refractivity contribution in [2.45, 2.75) is 75.8 Å². The average molecular weight is 193 g/mol. The zero-order valence-corrected chi connectivity index (χ0v) is 9.38. The van der Waals surface area contributed by atoms with Gasteiger partial charge in [0.1, 0.15) is 0 Å². The molecular formula is C12H24BN. The zero-order valence-electron chi connectivity index (χ0n) is 9.38. The smallest absolute Gasteiger partial charge is 0.224 e. The Bertz CT molecular complexity index is 142. The molecule has 2 heteroatoms. The highest BCUT2D eigenvalue weighted by Crippen LogP contribution is 2.39. The van der Waals surface area contributed by atoms with Crippen LogP contribution in [0.4, 0.5) is 0 Å². The fourth-order valence-corrected chi connectivity index (χ4v) is 3.42. The molecule has 0 aromatic heterocycles. The van der Waals surface area contributed by atoms with Gasteiger partial charge in [0.25, 0.3) is 0 Å². The first-order chi connectivity index (χ1) is 6.88. The molecule has 2 N–H and O–H groups in total. The lowest BCUT2D eigenvalue weighted by molar-refractivity contribution is 0.461. The molecule has 0 spiro atoms. The van der Waals surface area contributed by atoms with Crippen molar-refractivity contribution in [3.63, 3.8) is 0 Å². The van der Waals surface area contributed by atoms with E-state index < -0.39 is 0 Å². The van der Waals surface area contributed by atoms with Crippen LogP contribution in [0.2, 0.25) is 11.6 Å². The molecule has 0 bridgehead atoms. The maximum Gasteiger partial charge on any atom is 0.224 e. The lowest BCUT2D eigenvalue weighted by Gasteiger charge is -2.32. The fourth-order valence-electron chi connectivity index (χ4n) is 3.42. The first-order valence-corrected chi connectivity index (χ1v) is 6.63. The van der Waals surface area contributed by atoms with Crippen molar-refractivity contribution in [3.05, 3.63) is 0 Å². The van der Waals surface area contributed by atoms with Gasteiger partial charge in [0.15, 0.2) is 0 Å². The Morgan fingerprint density at radius 1 is 0.643 bits per heavy atom. The van der Waals surface area contributed by atoms with Crippen LogP contribution in [0, 0.1) is 0 Å². The molecule has 2 fully saturated rings. The summed E-state index contributed by atoms with van der Waals surface area (Å²) in [6.07, 6.45) is 14.3. The van der Waals surface area contributed by atoms with Gasteiger partial charge in [0, 0.05) is 0 Å². The zero-order chi connectivity index (χ0) is 9.80. The van der Waals surface area contributed by atoms with E-state index in [2.05, 4.69) is 0 Å². The van der Waals surface area contributed by atoms with E-state index in [1.807, 2.05) is 0 Å². The third-order valence-corrected chi connectivity index (χ3v) is 4.39. The Balaban J connectivity index is 1.82. The summed E-state index contributed by atoms with van der Waals surface area (Å²) >= 11 is 0. The van der Waals surface area contributed by atoms with Gasteiger partial charge in [-0.05, 0) is 11.6 Å². The van der Waals surface area contributed by atoms with Gasteiger partial charge < -0.3 is 5.64 Å². The largest absolute Gasteiger partial charge is 0.369 e. The summed E-state index contributed by atoms with van der Waals surface area (Å²) in [5.41, 5.74) is 6.42. The van der Waals surface area contributed by atoms with Crippen molar-refractivity contribution in [1.29, 1.82) is 0 Å². The molecule has 2 aliphatic carbocycles. The second-order valence-electron chi connectivity index (χ2n) is 5.37. The van der Waals surface area contributed by atoms with Gasteiger partial charge in [0.2, 0.25) is 6.85 Å². The minimum atomic E-state index is 0.538. The van der Waals surface area contributed by atoms with E-state index in [4.69, 9.17) is 5.64 Å². The van der Waals surface area contributed by atoms with Crippen LogP contribution in [-0.2, 0) is 0 Å². The highest BCUT2D eigenvalue weighted by molar-refractivity contribution is 6.58. The molecule has 0 atom stereocenters. The van der Waals surface area contributed by atoms with Gasteiger partial charge in [-0.15, -0.1) is 0 Å². The molecule has 80 valence electrons. The number of nitrogens with two attached hydrogens (primary N) is 1. The molecule has 0 amide bonds. The molecule has 2 aliphatic rings. The van der Waals surface area contributed by atoms with E-state index in [1.165, 1.54) is 64.2 Å². The highest BCUT2D eigenvalue weighted by Gasteiger charge is 2.31. The van der Waals surface area contributed by atoms with E-state index in [1.54, 1.807) is 0 Å². The van der Waals surface area contributed by atoms with Crippen LogP contribution in [0.5, 0.6) is 0 Å². The molecule has 0 aliphatic heterocycles. The topological polar surface area (TPSA) is 26.0 Å². The Morgan fingerprint density at radius 3 is 1.36 bits per heavy atom. The summed E-state index contributed by atoms with van der Waals surface area (Å²) in [6.45, 7) is 0.538. The molecule has 1 nitrogen and oxygen atoms in total. The predicted molar refractivity (Wildman–Crippen MR) is 63.6 cm³/mol. The Labute approximate surface area is 88.9 Å². The Morgan fingerprint density at radius 2 is 1.00 bits per heavy atom. The molecular weight excluding hydrogens is 169 g/mol. The van der Waals surface area contributed by atoms with Crippen LogP contribution in [0.25, 0.3) is 0 Å². The molecule has 14 heavy (non-hydrogen) atoms. The summed E-state index contributed by atoms with van der Waals surface area (Å²) in [5, 5.41) is 0. The predicted octanol–water partition coefficient (Wildman–Crippen LogP) is 3.61. The van der Waals surface area contributed by atoms with E-state index in [-0.39, 0.29) is 0 Å². The summed E-state index contributed by atoms with van der Waals surface area (Å²) in [6, 6.07) is 0. The van der Waals surface area contributed by atoms with Crippen LogP contribution < -0.4 is 5.64 Å². The first kappa shape index (κ1) is 10.5. The van der Waals surface area contributed by atoms with E-state index in [0.29, 0.717) is 6.85 Å². The minimum absolute atomic E-state index is 0.538. The van der Waals surface area contributed by atoms with Crippen molar-refractivity contribution >= 4 is 6.85 Å². The lowest BCUT2D eigenvalue weighted by atomic mass is 9.39. The molecule has 2 saturated carbocycles. The SMILES string of the molecule is NB(C1CCCCC1)C1CCCCC1. The van der Waals surface area contributed by atoms with Crippen molar-refractivity contribution in [2.75, 3.05) is 0 Å². The number of rotatable bonds is 2. The molecule has 0 heterocycles. The molecule has 0 aromatic rings. The molecule has 0 unspecified atom stereocenters. The second-order valence-corrected chi connectivity index (χ2v) is 5.37. The Hall–Kier alpha value is 0.0249. The summed E-state index contributed by atoms with van der Waals surface area (Å²) in [5.74, 6) is 1.73. The summed E-state index contributed by atoms with van der Waals surface area (Å²) in [4.78, 5) is 0. The molecule has 0 aromatic carbocycles. The van der Waals surface area contributed by atoms with Gasteiger partial charge in [-0.2, -0.15) is 0 Å². The Kier molecular flexibility index (Phi) is 3.92. The standard InChI is InChI=1S/C12H24BN/c14-13(11-7-3-1-4-8-11)12-9-5-2-6-10-12/h11-12H,1-10,14H2. The average Bonchev–Trinajstić information content (AvgIpc) is 2.30. The van der Waals surface area contributed by atoms with E-state index in [0.717, 1.165) is 11.6 Å². The van der Waals surface area contributed by atoms with Crippen LogP contribution in [0.3, 0.4) is 0 Å². The quantitative estimate of drug-likeness (QED) is 0.666. The maximum absolute atomic E-state index is 6.42. The number of hydrogen-bond acceptors (Lipinski definition) is 1. The van der Waals surface area contributed by atoms with Gasteiger partial charge >= 0.3 is 0 Å². The van der Waals surface area contributed by atoms with Crippen molar-refractivity contribution in [3.8, 4) is 0 Å². The van der Waals surface area contributed by atoms with Crippen LogP contribution in [0.1, 0.15) is 64.2 Å². The number of hydrogen-bond donors (Lipinski definition) is 1. The van der Waals surface area contributed by atoms with Gasteiger partial charge in [-0.25, -0.2) is 0 Å². The molecule has 0 radical (unpaired) electrons. The van der Waals surface area contributed by atoms with Gasteiger partial charge in [-0.1, -0.05) is 64.2 Å². The van der Waals surface area contributed by atoms with Crippen LogP contribution in [-0.4, -0.2) is 6.85 Å². The van der Waals surface area contributed by atoms with Crippen molar-refractivity contribution < 1.29 is 0 Å². The monoisotopic (exact) mass is 193 g/mol. The fraction of sp³-hybridized carbons (Fsp3) is 1.00. The summed E-state index contributed by atoms with van der Waals surface area (Å²) < 4.78 is 0. The van der Waals surface area contributed by atoms with Gasteiger partial charge in [-0.3, -0.25) is 0 Å². The molecule has 2 rings (SSSR count). The lowest BCUT2D eigenvalue weighted by Crippen LogP contribution is -2.38. The third-order valence-electron chi connectivity index (χ3n) is 4.39. The highest BCUT2D eigenvalue weighted by atomic mass is 14.5. The summed E-state index contributed by atoms with van der Waals surface area (Å²) in [7, 11) is 0. The van der Waals surface area contributed by atoms with Gasteiger partial charge in [0.05, 0.1) is 0 Å². The normalized spacial score (nSPS) is 26.4. The minimum Gasteiger partial charge on any atom is -0.369 e. The van der Waals surface area contributed by atoms with Crippen molar-refractivity contribution in [2.24, 2.45) is 5.64 Å². The van der Waals surface area contributed by atoms with Crippen LogP contribution >= 0.6 is 0 Å². The van der Waals surface area contributed by atoms with Crippen LogP contribution in [0.15, 0.2) is 0 Å². The van der Waals surface area contributed by atoms with E-state index >= 15 is 0 Å². The first-order valence-electron chi connectivity index (χ1n) is 6.63. The van der Waals surface area contributed by atoms with E-state index in [9.17, 15) is 0 Å². The second kappa shape index (κ2) is 5.20. The molecule has 0 saturated heterocycles. The van der Waals surface area contributed by atoms with Crippen molar-refractivity contribution in [1.82, 2.24) is 0 Å².